The Hall–Kier alpha value is -1.02. The molecule has 0 spiro atoms. The summed E-state index contributed by atoms with van der Waals surface area (Å²) in [5.74, 6) is 1.80. The van der Waals surface area contributed by atoms with Gasteiger partial charge >= 0.3 is 0 Å². The van der Waals surface area contributed by atoms with Gasteiger partial charge in [0.2, 0.25) is 0 Å². The van der Waals surface area contributed by atoms with E-state index in [1.54, 1.807) is 0 Å². The van der Waals surface area contributed by atoms with E-state index in [0.717, 1.165) is 18.2 Å². The summed E-state index contributed by atoms with van der Waals surface area (Å²) < 4.78 is 5.71. The van der Waals surface area contributed by atoms with Gasteiger partial charge in [-0.15, -0.1) is 0 Å². The van der Waals surface area contributed by atoms with Crippen molar-refractivity contribution in [3.05, 3.63) is 29.8 Å². The van der Waals surface area contributed by atoms with Gasteiger partial charge in [-0.3, -0.25) is 0 Å². The molecule has 106 valence electrons. The van der Waals surface area contributed by atoms with E-state index in [1.807, 2.05) is 0 Å². The van der Waals surface area contributed by atoms with E-state index < -0.39 is 0 Å². The van der Waals surface area contributed by atoms with Crippen LogP contribution in [0.1, 0.15) is 58.1 Å². The van der Waals surface area contributed by atoms with Crippen molar-refractivity contribution in [3.8, 4) is 5.75 Å². The highest BCUT2D eigenvalue weighted by molar-refractivity contribution is 5.30. The van der Waals surface area contributed by atoms with Crippen LogP contribution in [0.5, 0.6) is 5.75 Å². The topological polar surface area (TPSA) is 21.3 Å². The van der Waals surface area contributed by atoms with Gasteiger partial charge in [0.1, 0.15) is 5.75 Å². The number of hydrogen-bond acceptors (Lipinski definition) is 2. The summed E-state index contributed by atoms with van der Waals surface area (Å²) in [5, 5.41) is 3.71. The van der Waals surface area contributed by atoms with Crippen LogP contribution in [0, 0.1) is 5.92 Å². The number of hydrogen-bond donors (Lipinski definition) is 1. The molecule has 0 amide bonds. The van der Waals surface area contributed by atoms with E-state index in [0.29, 0.717) is 6.04 Å². The van der Waals surface area contributed by atoms with E-state index in [4.69, 9.17) is 4.74 Å². The summed E-state index contributed by atoms with van der Waals surface area (Å²) in [6.45, 7) is 7.46. The van der Waals surface area contributed by atoms with E-state index >= 15 is 0 Å². The minimum absolute atomic E-state index is 0.242. The first-order chi connectivity index (χ1) is 9.20. The van der Waals surface area contributed by atoms with Gasteiger partial charge in [-0.2, -0.15) is 0 Å². The zero-order chi connectivity index (χ0) is 13.7. The van der Waals surface area contributed by atoms with Crippen LogP contribution >= 0.6 is 0 Å². The molecule has 1 aromatic carbocycles. The van der Waals surface area contributed by atoms with Crippen LogP contribution in [-0.4, -0.2) is 12.6 Å². The average Bonchev–Trinajstić information content (AvgIpc) is 2.32. The monoisotopic (exact) mass is 261 g/mol. The van der Waals surface area contributed by atoms with Crippen LogP contribution in [0.4, 0.5) is 0 Å². The summed E-state index contributed by atoms with van der Waals surface area (Å²) in [6.07, 6.45) is 5.56. The number of ether oxygens (including phenoxy) is 1. The van der Waals surface area contributed by atoms with E-state index in [2.05, 4.69) is 50.4 Å². The molecule has 0 aliphatic heterocycles. The maximum atomic E-state index is 5.71. The van der Waals surface area contributed by atoms with E-state index in [9.17, 15) is 0 Å². The van der Waals surface area contributed by atoms with Gasteiger partial charge in [0.05, 0.1) is 6.10 Å². The molecule has 1 unspecified atom stereocenters. The van der Waals surface area contributed by atoms with Crippen molar-refractivity contribution in [3.63, 3.8) is 0 Å². The van der Waals surface area contributed by atoms with E-state index in [-0.39, 0.29) is 6.10 Å². The predicted octanol–water partition coefficient (Wildman–Crippen LogP) is 4.31. The first kappa shape index (κ1) is 14.4. The number of rotatable bonds is 7. The Bertz CT molecular complexity index is 367. The van der Waals surface area contributed by atoms with Crippen LogP contribution in [0.3, 0.4) is 0 Å². The van der Waals surface area contributed by atoms with Crippen molar-refractivity contribution < 1.29 is 4.74 Å². The van der Waals surface area contributed by atoms with Gasteiger partial charge < -0.3 is 10.1 Å². The molecule has 1 aromatic rings. The summed E-state index contributed by atoms with van der Waals surface area (Å²) >= 11 is 0. The standard InChI is InChI=1S/C17H27NO/c1-4-12-18-17(14-6-5-7-14)15-8-10-16(11-9-15)19-13(2)3/h8-11,13-14,17-18H,4-7,12H2,1-3H3. The summed E-state index contributed by atoms with van der Waals surface area (Å²) in [5.41, 5.74) is 1.41. The lowest BCUT2D eigenvalue weighted by Crippen LogP contribution is -2.32. The molecule has 1 N–H and O–H groups in total. The maximum Gasteiger partial charge on any atom is 0.119 e. The molecule has 0 heterocycles. The van der Waals surface area contributed by atoms with Crippen molar-refractivity contribution in [2.24, 2.45) is 5.92 Å². The highest BCUT2D eigenvalue weighted by Crippen LogP contribution is 2.38. The van der Waals surface area contributed by atoms with Gasteiger partial charge in [0.25, 0.3) is 0 Å². The van der Waals surface area contributed by atoms with Gasteiger partial charge in [-0.1, -0.05) is 25.5 Å². The zero-order valence-corrected chi connectivity index (χ0v) is 12.5. The molecule has 2 nitrogen and oxygen atoms in total. The molecule has 2 rings (SSSR count). The zero-order valence-electron chi connectivity index (χ0n) is 12.5. The highest BCUT2D eigenvalue weighted by Gasteiger charge is 2.27. The molecule has 1 atom stereocenters. The molecule has 1 saturated carbocycles. The van der Waals surface area contributed by atoms with Crippen LogP contribution in [0.15, 0.2) is 24.3 Å². The molecule has 0 saturated heterocycles. The second-order valence-corrected chi connectivity index (χ2v) is 5.86. The highest BCUT2D eigenvalue weighted by atomic mass is 16.5. The van der Waals surface area contributed by atoms with Crippen LogP contribution < -0.4 is 10.1 Å². The van der Waals surface area contributed by atoms with Gasteiger partial charge in [0, 0.05) is 6.04 Å². The lowest BCUT2D eigenvalue weighted by molar-refractivity contribution is 0.229. The number of benzene rings is 1. The third kappa shape index (κ3) is 3.97. The van der Waals surface area contributed by atoms with Crippen molar-refractivity contribution in [2.75, 3.05) is 6.54 Å². The molecular weight excluding hydrogens is 234 g/mol. The lowest BCUT2D eigenvalue weighted by atomic mass is 9.77. The Labute approximate surface area is 117 Å². The Morgan fingerprint density at radius 1 is 1.21 bits per heavy atom. The molecular formula is C17H27NO. The third-order valence-corrected chi connectivity index (χ3v) is 3.85. The number of nitrogens with one attached hydrogen (secondary N) is 1. The Balaban J connectivity index is 2.03. The molecule has 1 aliphatic carbocycles. The predicted molar refractivity (Wildman–Crippen MR) is 80.6 cm³/mol. The molecule has 0 bridgehead atoms. The van der Waals surface area contributed by atoms with Gasteiger partial charge in [-0.25, -0.2) is 0 Å². The first-order valence-corrected chi connectivity index (χ1v) is 7.70. The largest absolute Gasteiger partial charge is 0.491 e. The normalized spacial score (nSPS) is 17.3. The van der Waals surface area contributed by atoms with Gasteiger partial charge in [-0.05, 0) is 63.3 Å². The van der Waals surface area contributed by atoms with E-state index in [1.165, 1.54) is 31.2 Å². The fourth-order valence-electron chi connectivity index (χ4n) is 2.66. The fraction of sp³-hybridized carbons (Fsp3) is 0.647. The summed E-state index contributed by atoms with van der Waals surface area (Å²) in [4.78, 5) is 0. The van der Waals surface area contributed by atoms with Crippen molar-refractivity contribution in [1.29, 1.82) is 0 Å². The average molecular weight is 261 g/mol. The molecule has 19 heavy (non-hydrogen) atoms. The second-order valence-electron chi connectivity index (χ2n) is 5.86. The Morgan fingerprint density at radius 2 is 1.89 bits per heavy atom. The molecule has 0 aromatic heterocycles. The summed E-state index contributed by atoms with van der Waals surface area (Å²) in [6, 6.07) is 9.19. The Kier molecular flexibility index (Phi) is 5.26. The second kappa shape index (κ2) is 6.95. The minimum Gasteiger partial charge on any atom is -0.491 e. The quantitative estimate of drug-likeness (QED) is 0.789. The Morgan fingerprint density at radius 3 is 2.37 bits per heavy atom. The first-order valence-electron chi connectivity index (χ1n) is 7.70. The third-order valence-electron chi connectivity index (χ3n) is 3.85. The van der Waals surface area contributed by atoms with Crippen LogP contribution in [0.2, 0.25) is 0 Å². The smallest absolute Gasteiger partial charge is 0.119 e. The van der Waals surface area contributed by atoms with Crippen LogP contribution in [0.25, 0.3) is 0 Å². The van der Waals surface area contributed by atoms with Crippen molar-refractivity contribution in [2.45, 2.75) is 58.6 Å². The van der Waals surface area contributed by atoms with Crippen molar-refractivity contribution >= 4 is 0 Å². The van der Waals surface area contributed by atoms with Crippen molar-refractivity contribution in [1.82, 2.24) is 5.32 Å². The van der Waals surface area contributed by atoms with Gasteiger partial charge in [0.15, 0.2) is 0 Å². The molecule has 0 radical (unpaired) electrons. The maximum absolute atomic E-state index is 5.71. The minimum atomic E-state index is 0.242. The van der Waals surface area contributed by atoms with Crippen LogP contribution in [-0.2, 0) is 0 Å². The molecule has 1 aliphatic rings. The summed E-state index contributed by atoms with van der Waals surface area (Å²) in [7, 11) is 0. The SMILES string of the molecule is CCCNC(c1ccc(OC(C)C)cc1)C1CCC1. The fourth-order valence-corrected chi connectivity index (χ4v) is 2.66. The molecule has 2 heteroatoms. The lowest BCUT2D eigenvalue weighted by Gasteiger charge is -2.35. The molecule has 1 fully saturated rings.